The van der Waals surface area contributed by atoms with Gasteiger partial charge in [-0.3, -0.25) is 4.18 Å². The van der Waals surface area contributed by atoms with E-state index in [9.17, 15) is 43.5 Å². The van der Waals surface area contributed by atoms with Crippen molar-refractivity contribution in [1.82, 2.24) is 0 Å². The van der Waals surface area contributed by atoms with Crippen molar-refractivity contribution in [2.75, 3.05) is 12.9 Å². The Morgan fingerprint density at radius 2 is 1.44 bits per heavy atom. The van der Waals surface area contributed by atoms with Gasteiger partial charge in [0.05, 0.1) is 6.26 Å². The molecule has 0 rings (SSSR count). The Labute approximate surface area is 95.8 Å². The molecule has 0 aromatic heterocycles. The van der Waals surface area contributed by atoms with Gasteiger partial charge in [0.1, 0.15) is 6.61 Å². The van der Waals surface area contributed by atoms with Gasteiger partial charge in [-0.05, 0) is 0 Å². The molecule has 0 saturated carbocycles. The minimum Gasteiger partial charge on any atom is -0.264 e. The normalized spacial score (nSPS) is 15.2. The zero-order chi connectivity index (χ0) is 15.0. The smallest absolute Gasteiger partial charge is 0.264 e. The van der Waals surface area contributed by atoms with Gasteiger partial charge < -0.3 is 0 Å². The van der Waals surface area contributed by atoms with Crippen molar-refractivity contribution in [1.29, 1.82) is 0 Å². The molecule has 0 atom stereocenters. The molecule has 110 valence electrons. The van der Waals surface area contributed by atoms with Gasteiger partial charge in [0.15, 0.2) is 0 Å². The summed E-state index contributed by atoms with van der Waals surface area (Å²) in [7, 11) is -4.63. The number of hydrogen-bond acceptors (Lipinski definition) is 3. The summed E-state index contributed by atoms with van der Waals surface area (Å²) in [6, 6.07) is 0. The number of rotatable bonds is 6. The van der Waals surface area contributed by atoms with E-state index in [2.05, 4.69) is 4.18 Å². The van der Waals surface area contributed by atoms with Crippen LogP contribution in [0.15, 0.2) is 0 Å². The third-order valence-electron chi connectivity index (χ3n) is 1.61. The first-order chi connectivity index (χ1) is 7.65. The van der Waals surface area contributed by atoms with E-state index >= 15 is 0 Å². The Morgan fingerprint density at radius 1 is 1.06 bits per heavy atom. The molecule has 18 heavy (non-hydrogen) atoms. The average molecular weight is 310 g/mol. The molecule has 0 spiro atoms. The number of alkyl halides is 8. The van der Waals surface area contributed by atoms with Gasteiger partial charge in [-0.2, -0.15) is 34.8 Å². The summed E-state index contributed by atoms with van der Waals surface area (Å²) in [5.41, 5.74) is 0. The molecule has 0 unspecified atom stereocenters. The minimum atomic E-state index is -6.47. The van der Waals surface area contributed by atoms with E-state index in [1.165, 1.54) is 0 Å². The van der Waals surface area contributed by atoms with Gasteiger partial charge >= 0.3 is 24.2 Å². The fourth-order valence-corrected chi connectivity index (χ4v) is 1.01. The minimum absolute atomic E-state index is 0.187. The maximum absolute atomic E-state index is 12.6. The molecule has 0 aromatic rings. The number of hydrogen-bond donors (Lipinski definition) is 0. The molecule has 0 aliphatic carbocycles. The van der Waals surface area contributed by atoms with Crippen molar-refractivity contribution in [2.45, 2.75) is 24.2 Å². The predicted octanol–water partition coefficient (Wildman–Crippen LogP) is 2.13. The average Bonchev–Trinajstić information content (AvgIpc) is 2.13. The largest absolute Gasteiger partial charge is 0.380 e. The van der Waals surface area contributed by atoms with Crippen LogP contribution in [0.4, 0.5) is 35.1 Å². The molecule has 0 heterocycles. The van der Waals surface area contributed by atoms with E-state index in [4.69, 9.17) is 0 Å². The van der Waals surface area contributed by atoms with Crippen molar-refractivity contribution < 1.29 is 47.7 Å². The van der Waals surface area contributed by atoms with E-state index in [1.54, 1.807) is 0 Å². The second kappa shape index (κ2) is 4.79. The summed E-state index contributed by atoms with van der Waals surface area (Å²) in [4.78, 5) is 0. The summed E-state index contributed by atoms with van der Waals surface area (Å²) >= 11 is 0. The molecule has 0 amide bonds. The summed E-state index contributed by atoms with van der Waals surface area (Å²) in [5.74, 6) is -18.6. The third-order valence-corrected chi connectivity index (χ3v) is 2.15. The van der Waals surface area contributed by atoms with Crippen molar-refractivity contribution >= 4 is 10.1 Å². The van der Waals surface area contributed by atoms with Crippen LogP contribution in [-0.2, 0) is 14.3 Å². The molecular formula is C6H6F8O3S. The van der Waals surface area contributed by atoms with Crippen LogP contribution >= 0.6 is 0 Å². The maximum Gasteiger partial charge on any atom is 0.380 e. The van der Waals surface area contributed by atoms with Crippen LogP contribution < -0.4 is 0 Å². The summed E-state index contributed by atoms with van der Waals surface area (Å²) < 4.78 is 122. The molecule has 12 heteroatoms. The Hall–Kier alpha value is -0.650. The van der Waals surface area contributed by atoms with Gasteiger partial charge in [0.2, 0.25) is 0 Å². The van der Waals surface area contributed by atoms with Crippen LogP contribution in [0.5, 0.6) is 0 Å². The van der Waals surface area contributed by atoms with Gasteiger partial charge in [0.25, 0.3) is 10.1 Å². The van der Waals surface area contributed by atoms with Crippen LogP contribution in [0.1, 0.15) is 0 Å². The molecule has 0 bridgehead atoms. The lowest BCUT2D eigenvalue weighted by molar-refractivity contribution is -0.342. The van der Waals surface area contributed by atoms with Crippen LogP contribution in [0.3, 0.4) is 0 Å². The second-order valence-electron chi connectivity index (χ2n) is 3.17. The fourth-order valence-electron chi connectivity index (χ4n) is 0.653. The highest BCUT2D eigenvalue weighted by Gasteiger charge is 2.75. The Kier molecular flexibility index (Phi) is 4.62. The number of halogens is 8. The zero-order valence-corrected chi connectivity index (χ0v) is 9.26. The van der Waals surface area contributed by atoms with E-state index in [1.807, 2.05) is 0 Å². The maximum atomic E-state index is 12.6. The molecule has 0 fully saturated rings. The third kappa shape index (κ3) is 3.43. The van der Waals surface area contributed by atoms with Gasteiger partial charge in [-0.1, -0.05) is 0 Å². The van der Waals surface area contributed by atoms with E-state index in [0.29, 0.717) is 0 Å². The van der Waals surface area contributed by atoms with Crippen molar-refractivity contribution in [3.05, 3.63) is 0 Å². The Morgan fingerprint density at radius 3 is 1.72 bits per heavy atom. The lowest BCUT2D eigenvalue weighted by Gasteiger charge is -2.31. The van der Waals surface area contributed by atoms with Crippen LogP contribution in [0.2, 0.25) is 0 Å². The summed E-state index contributed by atoms with van der Waals surface area (Å²) in [6.07, 6.45) is -4.87. The standard InChI is InChI=1S/C6H6F8O3S/c1-18(15,16)17-2-4(9,10)6(13,14)5(11,12)3(7)8/h3H,2H2,1H3. The molecule has 0 N–H and O–H groups in total. The molecule has 0 aliphatic rings. The highest BCUT2D eigenvalue weighted by molar-refractivity contribution is 7.85. The monoisotopic (exact) mass is 310 g/mol. The van der Waals surface area contributed by atoms with Crippen LogP contribution in [0.25, 0.3) is 0 Å². The first kappa shape index (κ1) is 17.4. The second-order valence-corrected chi connectivity index (χ2v) is 4.81. The molecule has 0 radical (unpaired) electrons. The lowest BCUT2D eigenvalue weighted by atomic mass is 10.1. The lowest BCUT2D eigenvalue weighted by Crippen LogP contribution is -2.59. The summed E-state index contributed by atoms with van der Waals surface area (Å²) in [5, 5.41) is 0. The van der Waals surface area contributed by atoms with Crippen LogP contribution in [0, 0.1) is 0 Å². The summed E-state index contributed by atoms with van der Waals surface area (Å²) in [6.45, 7) is -2.68. The van der Waals surface area contributed by atoms with Crippen LogP contribution in [-0.4, -0.2) is 45.5 Å². The van der Waals surface area contributed by atoms with E-state index in [0.717, 1.165) is 0 Å². The van der Waals surface area contributed by atoms with Crippen molar-refractivity contribution in [3.63, 3.8) is 0 Å². The quantitative estimate of drug-likeness (QED) is 0.557. The van der Waals surface area contributed by atoms with Gasteiger partial charge in [-0.25, -0.2) is 8.78 Å². The highest BCUT2D eigenvalue weighted by Crippen LogP contribution is 2.48. The molecule has 3 nitrogen and oxygen atoms in total. The Balaban J connectivity index is 5.20. The van der Waals surface area contributed by atoms with Gasteiger partial charge in [-0.15, -0.1) is 0 Å². The zero-order valence-electron chi connectivity index (χ0n) is 8.44. The first-order valence-corrected chi connectivity index (χ1v) is 5.73. The predicted molar refractivity (Wildman–Crippen MR) is 41.6 cm³/mol. The molecular weight excluding hydrogens is 304 g/mol. The molecule has 0 aliphatic heterocycles. The Bertz CT molecular complexity index is 390. The molecule has 0 aromatic carbocycles. The van der Waals surface area contributed by atoms with Crippen molar-refractivity contribution in [3.8, 4) is 0 Å². The highest BCUT2D eigenvalue weighted by atomic mass is 32.2. The van der Waals surface area contributed by atoms with E-state index in [-0.39, 0.29) is 6.26 Å². The van der Waals surface area contributed by atoms with E-state index < -0.39 is 40.9 Å². The first-order valence-electron chi connectivity index (χ1n) is 3.91. The fraction of sp³-hybridized carbons (Fsp3) is 1.00. The SMILES string of the molecule is CS(=O)(=O)OCC(F)(F)C(F)(F)C(F)(F)C(F)F. The van der Waals surface area contributed by atoms with Gasteiger partial charge in [0, 0.05) is 0 Å². The van der Waals surface area contributed by atoms with Crippen molar-refractivity contribution in [2.24, 2.45) is 0 Å². The molecule has 0 saturated heterocycles. The topological polar surface area (TPSA) is 43.4 Å².